The zero-order valence-electron chi connectivity index (χ0n) is 17.4. The second-order valence-corrected chi connectivity index (χ2v) is 7.11. The van der Waals surface area contributed by atoms with Crippen LogP contribution in [0.1, 0.15) is 21.8 Å². The highest BCUT2D eigenvalue weighted by molar-refractivity contribution is 6.04. The average Bonchev–Trinajstić information content (AvgIpc) is 3.36. The lowest BCUT2D eigenvalue weighted by atomic mass is 10.1. The Morgan fingerprint density at radius 1 is 1.18 bits per heavy atom. The van der Waals surface area contributed by atoms with Crippen molar-refractivity contribution in [3.8, 4) is 11.5 Å². The Kier molecular flexibility index (Phi) is 5.62. The van der Waals surface area contributed by atoms with Gasteiger partial charge in [0.25, 0.3) is 5.91 Å². The molecule has 0 aliphatic rings. The molecule has 33 heavy (non-hydrogen) atoms. The lowest BCUT2D eigenvalue weighted by Crippen LogP contribution is -2.14. The van der Waals surface area contributed by atoms with Crippen LogP contribution in [0.4, 0.5) is 18.9 Å². The van der Waals surface area contributed by atoms with Gasteiger partial charge >= 0.3 is 12.1 Å². The van der Waals surface area contributed by atoms with Crippen molar-refractivity contribution in [1.29, 1.82) is 0 Å². The van der Waals surface area contributed by atoms with Gasteiger partial charge in [-0.25, -0.2) is 4.98 Å². The highest BCUT2D eigenvalue weighted by Gasteiger charge is 2.31. The molecule has 0 spiro atoms. The lowest BCUT2D eigenvalue weighted by Gasteiger charge is -2.06. The third kappa shape index (κ3) is 4.56. The number of nitrogens with one attached hydrogen (secondary N) is 1. The number of carbonyl (C=O) groups is 2. The second-order valence-electron chi connectivity index (χ2n) is 7.11. The number of nitrogens with zero attached hydrogens (tertiary/aromatic N) is 3. The topological polar surface area (TPSA) is 99.2 Å². The Hall–Kier alpha value is -4.15. The van der Waals surface area contributed by atoms with Gasteiger partial charge in [0.05, 0.1) is 24.4 Å². The molecule has 2 heterocycles. The number of aryl methyl sites for hydroxylation is 1. The van der Waals surface area contributed by atoms with Crippen LogP contribution in [0.2, 0.25) is 0 Å². The number of methoxy groups -OCH3 is 1. The summed E-state index contributed by atoms with van der Waals surface area (Å²) in [6, 6.07) is 9.50. The number of alkyl halides is 3. The Labute approximate surface area is 185 Å². The number of aromatic nitrogens is 3. The van der Waals surface area contributed by atoms with Crippen molar-refractivity contribution in [2.75, 3.05) is 12.4 Å². The maximum Gasteiger partial charge on any atom is 0.416 e. The van der Waals surface area contributed by atoms with Crippen LogP contribution < -0.4 is 5.32 Å². The zero-order chi connectivity index (χ0) is 23.8. The summed E-state index contributed by atoms with van der Waals surface area (Å²) < 4.78 is 50.5. The number of carbonyl (C=O) groups excluding carboxylic acids is 2. The minimum atomic E-state index is -4.52. The molecule has 0 fully saturated rings. The van der Waals surface area contributed by atoms with Gasteiger partial charge in [0.15, 0.2) is 5.69 Å². The second kappa shape index (κ2) is 8.41. The summed E-state index contributed by atoms with van der Waals surface area (Å²) in [6.45, 7) is 1.40. The molecule has 0 atom stereocenters. The minimum absolute atomic E-state index is 0.0643. The van der Waals surface area contributed by atoms with E-state index < -0.39 is 23.6 Å². The Morgan fingerprint density at radius 2 is 1.97 bits per heavy atom. The van der Waals surface area contributed by atoms with E-state index in [1.165, 1.54) is 30.8 Å². The van der Waals surface area contributed by atoms with Gasteiger partial charge in [-0.1, -0.05) is 6.07 Å². The monoisotopic (exact) mass is 458 g/mol. The van der Waals surface area contributed by atoms with Crippen molar-refractivity contribution >= 4 is 28.5 Å². The number of halogens is 3. The largest absolute Gasteiger partial charge is 0.468 e. The summed E-state index contributed by atoms with van der Waals surface area (Å²) in [4.78, 5) is 28.4. The summed E-state index contributed by atoms with van der Waals surface area (Å²) in [5, 5.41) is 7.56. The Morgan fingerprint density at radius 3 is 2.70 bits per heavy atom. The number of hydrogen-bond donors (Lipinski definition) is 1. The molecule has 0 aliphatic heterocycles. The Balaban J connectivity index is 1.58. The van der Waals surface area contributed by atoms with Gasteiger partial charge in [-0.3, -0.25) is 14.3 Å². The minimum Gasteiger partial charge on any atom is -0.468 e. The van der Waals surface area contributed by atoms with E-state index in [4.69, 9.17) is 4.42 Å². The van der Waals surface area contributed by atoms with Crippen molar-refractivity contribution in [2.24, 2.45) is 0 Å². The van der Waals surface area contributed by atoms with Crippen LogP contribution in [-0.2, 0) is 22.3 Å². The van der Waals surface area contributed by atoms with Crippen LogP contribution in [0.3, 0.4) is 0 Å². The molecule has 1 amide bonds. The molecule has 0 unspecified atom stereocenters. The smallest absolute Gasteiger partial charge is 0.416 e. The van der Waals surface area contributed by atoms with Gasteiger partial charge in [0.2, 0.25) is 5.89 Å². The first-order valence-electron chi connectivity index (χ1n) is 9.64. The molecule has 11 heteroatoms. The predicted molar refractivity (Wildman–Crippen MR) is 111 cm³/mol. The molecule has 0 aliphatic carbocycles. The number of esters is 1. The van der Waals surface area contributed by atoms with E-state index in [1.807, 2.05) is 0 Å². The molecular weight excluding hydrogens is 441 g/mol. The number of oxazole rings is 1. The molecule has 0 bridgehead atoms. The summed E-state index contributed by atoms with van der Waals surface area (Å²) in [6.07, 6.45) is -2.94. The highest BCUT2D eigenvalue weighted by atomic mass is 19.4. The molecule has 0 radical (unpaired) electrons. The molecule has 0 saturated heterocycles. The third-order valence-corrected chi connectivity index (χ3v) is 4.86. The van der Waals surface area contributed by atoms with Crippen LogP contribution in [0.5, 0.6) is 0 Å². The van der Waals surface area contributed by atoms with Crippen LogP contribution in [0.25, 0.3) is 22.4 Å². The van der Waals surface area contributed by atoms with Gasteiger partial charge in [0, 0.05) is 16.6 Å². The number of hydrogen-bond acceptors (Lipinski definition) is 6. The quantitative estimate of drug-likeness (QED) is 0.444. The van der Waals surface area contributed by atoms with Gasteiger partial charge in [-0.05, 0) is 43.3 Å². The molecule has 1 N–H and O–H groups in total. The van der Waals surface area contributed by atoms with Gasteiger partial charge in [-0.15, -0.1) is 0 Å². The standard InChI is InChI=1S/C22H17F3N4O4/c1-12-19(28-21(33-12)13-4-3-5-15(8-13)22(23,24)25)20(31)27-16-7-6-14-10-26-29(17(14)9-16)11-18(30)32-2/h3-10H,11H2,1-2H3,(H,27,31). The lowest BCUT2D eigenvalue weighted by molar-refractivity contribution is -0.141. The SMILES string of the molecule is COC(=O)Cn1ncc2ccc(NC(=O)c3nc(-c4cccc(C(F)(F)F)c4)oc3C)cc21. The normalized spacial score (nSPS) is 11.5. The number of anilines is 1. The number of amides is 1. The fourth-order valence-corrected chi connectivity index (χ4v) is 3.21. The highest BCUT2D eigenvalue weighted by Crippen LogP contribution is 2.32. The average molecular weight is 458 g/mol. The molecule has 4 rings (SSSR count). The first-order valence-corrected chi connectivity index (χ1v) is 9.64. The summed E-state index contributed by atoms with van der Waals surface area (Å²) >= 11 is 0. The molecule has 4 aromatic rings. The molecule has 2 aromatic carbocycles. The predicted octanol–water partition coefficient (Wildman–Crippen LogP) is 4.44. The summed E-state index contributed by atoms with van der Waals surface area (Å²) in [5.41, 5.74) is 0.186. The van der Waals surface area contributed by atoms with Gasteiger partial charge in [0.1, 0.15) is 12.3 Å². The molecule has 8 nitrogen and oxygen atoms in total. The van der Waals surface area contributed by atoms with Crippen LogP contribution in [0, 0.1) is 6.92 Å². The maximum atomic E-state index is 13.0. The first kappa shape index (κ1) is 22.1. The van der Waals surface area contributed by atoms with E-state index in [-0.39, 0.29) is 29.5 Å². The van der Waals surface area contributed by atoms with Crippen molar-refractivity contribution in [2.45, 2.75) is 19.6 Å². The zero-order valence-corrected chi connectivity index (χ0v) is 17.4. The molecule has 2 aromatic heterocycles. The molecule has 0 saturated carbocycles. The van der Waals surface area contributed by atoms with Gasteiger partial charge in [-0.2, -0.15) is 18.3 Å². The fourth-order valence-electron chi connectivity index (χ4n) is 3.21. The van der Waals surface area contributed by atoms with Crippen LogP contribution in [-0.4, -0.2) is 33.8 Å². The van der Waals surface area contributed by atoms with Crippen molar-refractivity contribution < 1.29 is 31.9 Å². The van der Waals surface area contributed by atoms with E-state index in [1.54, 1.807) is 24.4 Å². The number of rotatable bonds is 5. The fraction of sp³-hybridized carbons (Fsp3) is 0.182. The maximum absolute atomic E-state index is 13.0. The van der Waals surface area contributed by atoms with Crippen molar-refractivity contribution in [3.05, 3.63) is 65.7 Å². The first-order chi connectivity index (χ1) is 15.7. The third-order valence-electron chi connectivity index (χ3n) is 4.86. The number of benzene rings is 2. The van der Waals surface area contributed by atoms with E-state index in [2.05, 4.69) is 20.1 Å². The van der Waals surface area contributed by atoms with Crippen molar-refractivity contribution in [1.82, 2.24) is 14.8 Å². The summed E-state index contributed by atoms with van der Waals surface area (Å²) in [7, 11) is 1.27. The molecule has 170 valence electrons. The number of fused-ring (bicyclic) bond motifs is 1. The Bertz CT molecular complexity index is 1360. The van der Waals surface area contributed by atoms with Gasteiger partial charge < -0.3 is 14.5 Å². The molecular formula is C22H17F3N4O4. The van der Waals surface area contributed by atoms with Crippen LogP contribution in [0.15, 0.2) is 53.1 Å². The van der Waals surface area contributed by atoms with E-state index in [0.717, 1.165) is 17.5 Å². The van der Waals surface area contributed by atoms with E-state index >= 15 is 0 Å². The van der Waals surface area contributed by atoms with Crippen LogP contribution >= 0.6 is 0 Å². The van der Waals surface area contributed by atoms with E-state index in [9.17, 15) is 22.8 Å². The summed E-state index contributed by atoms with van der Waals surface area (Å²) in [5.74, 6) is -1.03. The van der Waals surface area contributed by atoms with E-state index in [0.29, 0.717) is 11.2 Å². The number of ether oxygens (including phenoxy) is 1. The van der Waals surface area contributed by atoms with Crippen molar-refractivity contribution in [3.63, 3.8) is 0 Å².